The maximum atomic E-state index is 12.9. The molecule has 8 heteroatoms. The normalized spacial score (nSPS) is 17.3. The zero-order valence-corrected chi connectivity index (χ0v) is 18.0. The zero-order chi connectivity index (χ0) is 21.1. The molecule has 1 aromatic heterocycles. The van der Waals surface area contributed by atoms with Crippen molar-refractivity contribution in [3.63, 3.8) is 0 Å². The van der Waals surface area contributed by atoms with Gasteiger partial charge in [0.2, 0.25) is 11.8 Å². The second kappa shape index (κ2) is 8.57. The molecule has 4 rings (SSSR count). The Labute approximate surface area is 177 Å². The van der Waals surface area contributed by atoms with Crippen molar-refractivity contribution in [2.24, 2.45) is 0 Å². The molecular formula is C22H26N4O3S. The van der Waals surface area contributed by atoms with Gasteiger partial charge in [0.05, 0.1) is 4.90 Å². The van der Waals surface area contributed by atoms with E-state index in [1.807, 2.05) is 24.3 Å². The quantitative estimate of drug-likeness (QED) is 0.613. The predicted octanol–water partition coefficient (Wildman–Crippen LogP) is 4.05. The van der Waals surface area contributed by atoms with Gasteiger partial charge in [-0.15, -0.1) is 10.2 Å². The van der Waals surface area contributed by atoms with E-state index in [-0.39, 0.29) is 4.90 Å². The van der Waals surface area contributed by atoms with Gasteiger partial charge in [0.1, 0.15) is 0 Å². The van der Waals surface area contributed by atoms with Crippen LogP contribution in [-0.2, 0) is 10.0 Å². The second-order valence-corrected chi connectivity index (χ2v) is 9.35. The Morgan fingerprint density at radius 1 is 1.17 bits per heavy atom. The third-order valence-electron chi connectivity index (χ3n) is 5.36. The highest BCUT2D eigenvalue weighted by molar-refractivity contribution is 7.92. The summed E-state index contributed by atoms with van der Waals surface area (Å²) in [5, 5.41) is 7.75. The lowest BCUT2D eigenvalue weighted by molar-refractivity contribution is 0.335. The first-order valence-electron chi connectivity index (χ1n) is 10.2. The number of hydrogen-bond acceptors (Lipinski definition) is 6. The van der Waals surface area contributed by atoms with E-state index >= 15 is 0 Å². The smallest absolute Gasteiger partial charge is 0.261 e. The lowest BCUT2D eigenvalue weighted by Gasteiger charge is -2.15. The van der Waals surface area contributed by atoms with E-state index in [1.54, 1.807) is 25.1 Å². The highest BCUT2D eigenvalue weighted by atomic mass is 32.2. The highest BCUT2D eigenvalue weighted by Gasteiger charge is 2.23. The Morgan fingerprint density at radius 3 is 2.67 bits per heavy atom. The number of hydrogen-bond donors (Lipinski definition) is 1. The minimum atomic E-state index is -3.73. The number of aryl methyl sites for hydroxylation is 1. The molecule has 0 spiro atoms. The molecule has 1 aliphatic rings. The Balaban J connectivity index is 1.47. The second-order valence-electron chi connectivity index (χ2n) is 7.67. The zero-order valence-electron chi connectivity index (χ0n) is 17.2. The monoisotopic (exact) mass is 426 g/mol. The number of benzene rings is 2. The number of sulfonamides is 1. The molecule has 1 saturated heterocycles. The molecule has 1 fully saturated rings. The van der Waals surface area contributed by atoms with Crippen molar-refractivity contribution < 1.29 is 12.8 Å². The summed E-state index contributed by atoms with van der Waals surface area (Å²) in [4.78, 5) is 2.63. The highest BCUT2D eigenvalue weighted by Crippen LogP contribution is 2.29. The average molecular weight is 427 g/mol. The average Bonchev–Trinajstić information content (AvgIpc) is 3.38. The number of aromatic nitrogens is 2. The Hall–Kier alpha value is -2.71. The minimum Gasteiger partial charge on any atom is -0.421 e. The summed E-state index contributed by atoms with van der Waals surface area (Å²) < 4.78 is 33.8. The van der Waals surface area contributed by atoms with Crippen LogP contribution in [0.5, 0.6) is 0 Å². The van der Waals surface area contributed by atoms with E-state index in [1.165, 1.54) is 18.1 Å². The molecule has 1 aliphatic heterocycles. The van der Waals surface area contributed by atoms with Crippen LogP contribution in [0.1, 0.15) is 37.1 Å². The topological polar surface area (TPSA) is 88.3 Å². The van der Waals surface area contributed by atoms with E-state index in [4.69, 9.17) is 4.42 Å². The number of rotatable bonds is 7. The first-order valence-corrected chi connectivity index (χ1v) is 11.7. The van der Waals surface area contributed by atoms with Crippen molar-refractivity contribution >= 4 is 15.7 Å². The van der Waals surface area contributed by atoms with E-state index < -0.39 is 10.0 Å². The third-order valence-corrected chi connectivity index (χ3v) is 6.74. The first kappa shape index (κ1) is 20.6. The van der Waals surface area contributed by atoms with Gasteiger partial charge in [0.15, 0.2) is 0 Å². The van der Waals surface area contributed by atoms with Crippen LogP contribution >= 0.6 is 0 Å². The molecule has 30 heavy (non-hydrogen) atoms. The molecule has 2 heterocycles. The minimum absolute atomic E-state index is 0.144. The van der Waals surface area contributed by atoms with Gasteiger partial charge in [-0.3, -0.25) is 4.72 Å². The summed E-state index contributed by atoms with van der Waals surface area (Å²) >= 11 is 0. The number of likely N-dealkylation sites (tertiary alicyclic amines) is 1. The van der Waals surface area contributed by atoms with E-state index in [9.17, 15) is 8.42 Å². The van der Waals surface area contributed by atoms with Crippen LogP contribution in [0.15, 0.2) is 57.8 Å². The van der Waals surface area contributed by atoms with Crippen LogP contribution in [0.4, 0.5) is 5.69 Å². The van der Waals surface area contributed by atoms with Gasteiger partial charge in [-0.2, -0.15) is 0 Å². The predicted molar refractivity (Wildman–Crippen MR) is 116 cm³/mol. The lowest BCUT2D eigenvalue weighted by Crippen LogP contribution is -2.20. The summed E-state index contributed by atoms with van der Waals surface area (Å²) in [6.45, 7) is 7.22. The molecule has 0 bridgehead atoms. The molecule has 1 N–H and O–H groups in total. The van der Waals surface area contributed by atoms with Gasteiger partial charge in [-0.1, -0.05) is 25.1 Å². The van der Waals surface area contributed by atoms with Crippen LogP contribution in [0, 0.1) is 6.92 Å². The van der Waals surface area contributed by atoms with Crippen LogP contribution in [0.25, 0.3) is 11.5 Å². The van der Waals surface area contributed by atoms with Crippen LogP contribution in [0.2, 0.25) is 0 Å². The molecule has 158 valence electrons. The van der Waals surface area contributed by atoms with E-state index in [0.29, 0.717) is 29.0 Å². The van der Waals surface area contributed by atoms with Gasteiger partial charge in [0, 0.05) is 24.7 Å². The Morgan fingerprint density at radius 2 is 1.97 bits per heavy atom. The summed E-state index contributed by atoms with van der Waals surface area (Å²) in [5.74, 6) is 1.23. The lowest BCUT2D eigenvalue weighted by atomic mass is 9.98. The summed E-state index contributed by atoms with van der Waals surface area (Å²) in [6, 6.07) is 14.2. The van der Waals surface area contributed by atoms with Crippen LogP contribution in [0.3, 0.4) is 0 Å². The molecule has 0 saturated carbocycles. The number of nitrogens with zero attached hydrogens (tertiary/aromatic N) is 3. The van der Waals surface area contributed by atoms with Gasteiger partial charge in [0.25, 0.3) is 10.0 Å². The van der Waals surface area contributed by atoms with Gasteiger partial charge >= 0.3 is 0 Å². The molecule has 3 aromatic rings. The SMILES string of the molecule is CCCN1CCC(c2ccc(NS(=O)(=O)c3cccc(-c4nnc(C)o4)c3)cc2)C1. The molecule has 0 amide bonds. The number of nitrogens with one attached hydrogen (secondary N) is 1. The summed E-state index contributed by atoms with van der Waals surface area (Å²) in [5.41, 5.74) is 2.36. The fraction of sp³-hybridized carbons (Fsp3) is 0.364. The van der Waals surface area contributed by atoms with Crippen molar-refractivity contribution in [3.05, 3.63) is 60.0 Å². The van der Waals surface area contributed by atoms with Crippen molar-refractivity contribution in [2.45, 2.75) is 37.5 Å². The maximum absolute atomic E-state index is 12.9. The van der Waals surface area contributed by atoms with Crippen molar-refractivity contribution in [1.29, 1.82) is 0 Å². The Bertz CT molecular complexity index is 1110. The van der Waals surface area contributed by atoms with Crippen molar-refractivity contribution in [2.75, 3.05) is 24.4 Å². The van der Waals surface area contributed by atoms with E-state index in [0.717, 1.165) is 26.1 Å². The van der Waals surface area contributed by atoms with Crippen molar-refractivity contribution in [1.82, 2.24) is 15.1 Å². The fourth-order valence-electron chi connectivity index (χ4n) is 3.87. The van der Waals surface area contributed by atoms with Gasteiger partial charge in [-0.05, 0) is 67.7 Å². The molecule has 0 aliphatic carbocycles. The molecule has 1 unspecified atom stereocenters. The van der Waals surface area contributed by atoms with E-state index in [2.05, 4.69) is 26.7 Å². The molecule has 2 aromatic carbocycles. The first-order chi connectivity index (χ1) is 14.4. The summed E-state index contributed by atoms with van der Waals surface area (Å²) in [6.07, 6.45) is 2.31. The standard InChI is InChI=1S/C22H26N4O3S/c1-3-12-26-13-11-19(15-26)17-7-9-20(10-8-17)25-30(27,28)21-6-4-5-18(14-21)22-24-23-16(2)29-22/h4-10,14,19,25H,3,11-13,15H2,1-2H3. The van der Waals surface area contributed by atoms with Gasteiger partial charge < -0.3 is 9.32 Å². The molecular weight excluding hydrogens is 400 g/mol. The molecule has 7 nitrogen and oxygen atoms in total. The maximum Gasteiger partial charge on any atom is 0.261 e. The summed E-state index contributed by atoms with van der Waals surface area (Å²) in [7, 11) is -3.73. The van der Waals surface area contributed by atoms with Gasteiger partial charge in [-0.25, -0.2) is 8.42 Å². The largest absolute Gasteiger partial charge is 0.421 e. The fourth-order valence-corrected chi connectivity index (χ4v) is 4.98. The van der Waals surface area contributed by atoms with Crippen LogP contribution < -0.4 is 4.72 Å². The van der Waals surface area contributed by atoms with Crippen LogP contribution in [-0.4, -0.2) is 43.1 Å². The third kappa shape index (κ3) is 4.55. The number of anilines is 1. The molecule has 1 atom stereocenters. The molecule has 0 radical (unpaired) electrons. The van der Waals surface area contributed by atoms with Crippen molar-refractivity contribution in [3.8, 4) is 11.5 Å². The Kier molecular flexibility index (Phi) is 5.87.